The van der Waals surface area contributed by atoms with Crippen LogP contribution in [-0.4, -0.2) is 7.11 Å². The van der Waals surface area contributed by atoms with Crippen LogP contribution in [0.4, 0.5) is 17.1 Å². The number of halogens is 1. The van der Waals surface area contributed by atoms with Gasteiger partial charge in [-0.2, -0.15) is 0 Å². The van der Waals surface area contributed by atoms with Gasteiger partial charge in [-0.25, -0.2) is 0 Å². The molecule has 2 rings (SSSR count). The zero-order valence-electron chi connectivity index (χ0n) is 10.3. The number of ether oxygens (including phenoxy) is 1. The minimum absolute atomic E-state index is 0.659. The van der Waals surface area contributed by atoms with E-state index in [0.717, 1.165) is 28.4 Å². The third-order valence-corrected chi connectivity index (χ3v) is 2.92. The van der Waals surface area contributed by atoms with Gasteiger partial charge in [-0.15, -0.1) is 0 Å². The molecule has 0 radical (unpaired) electrons. The SMILES string of the molecule is COc1ccc(Cl)cc1Nc1ccc(N)cc1C. The molecule has 0 unspecified atom stereocenters. The van der Waals surface area contributed by atoms with E-state index in [1.807, 2.05) is 37.3 Å². The number of benzene rings is 2. The van der Waals surface area contributed by atoms with E-state index in [0.29, 0.717) is 5.02 Å². The number of nitrogen functional groups attached to an aromatic ring is 1. The third kappa shape index (κ3) is 2.68. The van der Waals surface area contributed by atoms with Crippen LogP contribution >= 0.6 is 11.6 Å². The second-order valence-electron chi connectivity index (χ2n) is 4.04. The van der Waals surface area contributed by atoms with Crippen LogP contribution in [0.15, 0.2) is 36.4 Å². The van der Waals surface area contributed by atoms with Crippen molar-refractivity contribution >= 4 is 28.7 Å². The molecule has 3 nitrogen and oxygen atoms in total. The highest BCUT2D eigenvalue weighted by Crippen LogP contribution is 2.31. The molecule has 94 valence electrons. The first-order valence-corrected chi connectivity index (χ1v) is 5.94. The Labute approximate surface area is 112 Å². The Morgan fingerprint density at radius 2 is 1.89 bits per heavy atom. The minimum Gasteiger partial charge on any atom is -0.495 e. The van der Waals surface area contributed by atoms with Crippen molar-refractivity contribution in [3.05, 3.63) is 47.0 Å². The van der Waals surface area contributed by atoms with Gasteiger partial charge in [0.25, 0.3) is 0 Å². The van der Waals surface area contributed by atoms with Gasteiger partial charge in [0.15, 0.2) is 0 Å². The molecule has 0 saturated carbocycles. The van der Waals surface area contributed by atoms with Gasteiger partial charge in [-0.05, 0) is 48.9 Å². The predicted octanol–water partition coefficient (Wildman–Crippen LogP) is 3.98. The van der Waals surface area contributed by atoms with E-state index in [2.05, 4.69) is 5.32 Å². The number of anilines is 3. The van der Waals surface area contributed by atoms with Gasteiger partial charge in [-0.1, -0.05) is 11.6 Å². The van der Waals surface area contributed by atoms with E-state index in [4.69, 9.17) is 22.1 Å². The third-order valence-electron chi connectivity index (χ3n) is 2.68. The van der Waals surface area contributed by atoms with Crippen molar-refractivity contribution in [3.63, 3.8) is 0 Å². The molecule has 2 aromatic rings. The van der Waals surface area contributed by atoms with Crippen LogP contribution in [0.3, 0.4) is 0 Å². The van der Waals surface area contributed by atoms with Crippen molar-refractivity contribution in [3.8, 4) is 5.75 Å². The zero-order valence-corrected chi connectivity index (χ0v) is 11.1. The van der Waals surface area contributed by atoms with Crippen LogP contribution in [0.2, 0.25) is 5.02 Å². The van der Waals surface area contributed by atoms with Crippen molar-refractivity contribution in [2.75, 3.05) is 18.2 Å². The highest BCUT2D eigenvalue weighted by molar-refractivity contribution is 6.31. The summed E-state index contributed by atoms with van der Waals surface area (Å²) >= 11 is 5.99. The van der Waals surface area contributed by atoms with Gasteiger partial charge < -0.3 is 15.8 Å². The van der Waals surface area contributed by atoms with Crippen molar-refractivity contribution in [1.82, 2.24) is 0 Å². The summed E-state index contributed by atoms with van der Waals surface area (Å²) in [6, 6.07) is 11.2. The number of nitrogens with one attached hydrogen (secondary N) is 1. The molecule has 0 spiro atoms. The minimum atomic E-state index is 0.659. The molecular formula is C14H15ClN2O. The van der Waals surface area contributed by atoms with E-state index < -0.39 is 0 Å². The lowest BCUT2D eigenvalue weighted by molar-refractivity contribution is 0.417. The number of hydrogen-bond donors (Lipinski definition) is 2. The fourth-order valence-corrected chi connectivity index (χ4v) is 1.92. The lowest BCUT2D eigenvalue weighted by Crippen LogP contribution is -1.97. The molecule has 4 heteroatoms. The summed E-state index contributed by atoms with van der Waals surface area (Å²) in [6.07, 6.45) is 0. The summed E-state index contributed by atoms with van der Waals surface area (Å²) < 4.78 is 5.29. The first kappa shape index (κ1) is 12.6. The van der Waals surface area contributed by atoms with Gasteiger partial charge in [0, 0.05) is 16.4 Å². The summed E-state index contributed by atoms with van der Waals surface area (Å²) in [4.78, 5) is 0. The average Bonchev–Trinajstić information content (AvgIpc) is 2.33. The molecule has 0 heterocycles. The van der Waals surface area contributed by atoms with Crippen molar-refractivity contribution in [2.24, 2.45) is 0 Å². The number of methoxy groups -OCH3 is 1. The molecule has 18 heavy (non-hydrogen) atoms. The van der Waals surface area contributed by atoms with Crippen LogP contribution in [-0.2, 0) is 0 Å². The summed E-state index contributed by atoms with van der Waals surface area (Å²) in [5.74, 6) is 0.746. The second-order valence-corrected chi connectivity index (χ2v) is 4.48. The Hall–Kier alpha value is -1.87. The van der Waals surface area contributed by atoms with Crippen LogP contribution < -0.4 is 15.8 Å². The Morgan fingerprint density at radius 3 is 2.56 bits per heavy atom. The van der Waals surface area contributed by atoms with Crippen molar-refractivity contribution in [1.29, 1.82) is 0 Å². The standard InChI is InChI=1S/C14H15ClN2O/c1-9-7-11(16)4-5-12(9)17-13-8-10(15)3-6-14(13)18-2/h3-8,17H,16H2,1-2H3. The maximum absolute atomic E-state index is 5.99. The van der Waals surface area contributed by atoms with E-state index in [9.17, 15) is 0 Å². The molecule has 0 aliphatic carbocycles. The summed E-state index contributed by atoms with van der Waals surface area (Å²) in [5, 5.41) is 3.95. The van der Waals surface area contributed by atoms with Crippen LogP contribution in [0.5, 0.6) is 5.75 Å². The van der Waals surface area contributed by atoms with Crippen molar-refractivity contribution < 1.29 is 4.74 Å². The highest BCUT2D eigenvalue weighted by Gasteiger charge is 2.06. The Morgan fingerprint density at radius 1 is 1.11 bits per heavy atom. The molecule has 0 atom stereocenters. The van der Waals surface area contributed by atoms with E-state index >= 15 is 0 Å². The molecule has 0 aromatic heterocycles. The van der Waals surface area contributed by atoms with Gasteiger partial charge in [0.05, 0.1) is 12.8 Å². The topological polar surface area (TPSA) is 47.3 Å². The molecule has 0 fully saturated rings. The maximum Gasteiger partial charge on any atom is 0.142 e. The van der Waals surface area contributed by atoms with Crippen LogP contribution in [0, 0.1) is 6.92 Å². The van der Waals surface area contributed by atoms with Gasteiger partial charge >= 0.3 is 0 Å². The predicted molar refractivity (Wildman–Crippen MR) is 76.9 cm³/mol. The zero-order chi connectivity index (χ0) is 13.1. The molecule has 0 saturated heterocycles. The molecular weight excluding hydrogens is 248 g/mol. The van der Waals surface area contributed by atoms with Gasteiger partial charge in [0.1, 0.15) is 5.75 Å². The van der Waals surface area contributed by atoms with Crippen molar-refractivity contribution in [2.45, 2.75) is 6.92 Å². The van der Waals surface area contributed by atoms with E-state index in [1.165, 1.54) is 0 Å². The Balaban J connectivity index is 2.36. The lowest BCUT2D eigenvalue weighted by atomic mass is 10.1. The molecule has 0 bridgehead atoms. The normalized spacial score (nSPS) is 10.2. The fourth-order valence-electron chi connectivity index (χ4n) is 1.75. The van der Waals surface area contributed by atoms with Crippen LogP contribution in [0.25, 0.3) is 0 Å². The quantitative estimate of drug-likeness (QED) is 0.823. The number of nitrogens with two attached hydrogens (primary N) is 1. The summed E-state index contributed by atoms with van der Waals surface area (Å²) in [5.41, 5.74) is 9.35. The monoisotopic (exact) mass is 262 g/mol. The second kappa shape index (κ2) is 5.19. The smallest absolute Gasteiger partial charge is 0.142 e. The van der Waals surface area contributed by atoms with Crippen LogP contribution in [0.1, 0.15) is 5.56 Å². The Bertz CT molecular complexity index is 570. The molecule has 2 aromatic carbocycles. The highest BCUT2D eigenvalue weighted by atomic mass is 35.5. The maximum atomic E-state index is 5.99. The van der Waals surface area contributed by atoms with Gasteiger partial charge in [0.2, 0.25) is 0 Å². The molecule has 0 aliphatic rings. The van der Waals surface area contributed by atoms with Gasteiger partial charge in [-0.3, -0.25) is 0 Å². The number of rotatable bonds is 3. The fraction of sp³-hybridized carbons (Fsp3) is 0.143. The van der Waals surface area contributed by atoms with E-state index in [1.54, 1.807) is 13.2 Å². The first-order valence-electron chi connectivity index (χ1n) is 5.57. The largest absolute Gasteiger partial charge is 0.495 e. The average molecular weight is 263 g/mol. The summed E-state index contributed by atoms with van der Waals surface area (Å²) in [6.45, 7) is 2.00. The molecule has 3 N–H and O–H groups in total. The summed E-state index contributed by atoms with van der Waals surface area (Å²) in [7, 11) is 1.63. The first-order chi connectivity index (χ1) is 8.60. The lowest BCUT2D eigenvalue weighted by Gasteiger charge is -2.13. The number of hydrogen-bond acceptors (Lipinski definition) is 3. The van der Waals surface area contributed by atoms with E-state index in [-0.39, 0.29) is 0 Å². The Kier molecular flexibility index (Phi) is 3.63. The number of aryl methyl sites for hydroxylation is 1. The molecule has 0 aliphatic heterocycles. The molecule has 0 amide bonds.